The third-order valence-electron chi connectivity index (χ3n) is 1.77. The van der Waals surface area contributed by atoms with Gasteiger partial charge in [0.1, 0.15) is 0 Å². The van der Waals surface area contributed by atoms with Crippen LogP contribution < -0.4 is 5.32 Å². The topological polar surface area (TPSA) is 57.8 Å². The van der Waals surface area contributed by atoms with Crippen LogP contribution in [0.1, 0.15) is 12.6 Å². The van der Waals surface area contributed by atoms with Crippen molar-refractivity contribution in [2.75, 3.05) is 7.05 Å². The number of H-pyrrole nitrogens is 1. The van der Waals surface area contributed by atoms with E-state index in [-0.39, 0.29) is 11.8 Å². The molecule has 1 atom stereocenters. The van der Waals surface area contributed by atoms with E-state index in [0.717, 1.165) is 5.69 Å². The Kier molecular flexibility index (Phi) is 2.85. The van der Waals surface area contributed by atoms with Crippen LogP contribution in [0.15, 0.2) is 12.5 Å². The SMILES string of the molecule is CNC(=O)[C@@H](C)Cc1cnc[nH]1. The summed E-state index contributed by atoms with van der Waals surface area (Å²) in [7, 11) is 1.64. The number of carbonyl (C=O) groups excluding carboxylic acids is 1. The van der Waals surface area contributed by atoms with Gasteiger partial charge in [0.2, 0.25) is 5.91 Å². The molecule has 0 spiro atoms. The molecule has 1 amide bonds. The standard InChI is InChI=1S/C8H13N3O/c1-6(8(12)9-2)3-7-4-10-5-11-7/h4-6H,3H2,1-2H3,(H,9,12)(H,10,11)/t6-/m0/s1. The zero-order chi connectivity index (χ0) is 8.97. The number of hydrogen-bond donors (Lipinski definition) is 2. The molecule has 0 unspecified atom stereocenters. The fourth-order valence-electron chi connectivity index (χ4n) is 1.07. The zero-order valence-corrected chi connectivity index (χ0v) is 7.29. The van der Waals surface area contributed by atoms with Crippen LogP contribution in [0, 0.1) is 5.92 Å². The quantitative estimate of drug-likeness (QED) is 0.681. The number of rotatable bonds is 3. The van der Waals surface area contributed by atoms with E-state index in [1.54, 1.807) is 19.6 Å². The Morgan fingerprint density at radius 3 is 3.08 bits per heavy atom. The summed E-state index contributed by atoms with van der Waals surface area (Å²) in [5, 5.41) is 2.60. The van der Waals surface area contributed by atoms with Crippen molar-refractivity contribution in [1.82, 2.24) is 15.3 Å². The molecule has 0 aliphatic heterocycles. The molecule has 1 aromatic rings. The molecule has 0 aliphatic carbocycles. The van der Waals surface area contributed by atoms with Crippen LogP contribution in [0.3, 0.4) is 0 Å². The second-order valence-electron chi connectivity index (χ2n) is 2.80. The van der Waals surface area contributed by atoms with Crippen molar-refractivity contribution in [3.05, 3.63) is 18.2 Å². The average Bonchev–Trinajstić information content (AvgIpc) is 2.55. The number of aromatic amines is 1. The summed E-state index contributed by atoms with van der Waals surface area (Å²) in [4.78, 5) is 17.9. The van der Waals surface area contributed by atoms with E-state index in [1.807, 2.05) is 6.92 Å². The average molecular weight is 167 g/mol. The Morgan fingerprint density at radius 1 is 1.83 bits per heavy atom. The first-order valence-corrected chi connectivity index (χ1v) is 3.93. The lowest BCUT2D eigenvalue weighted by atomic mass is 10.1. The lowest BCUT2D eigenvalue weighted by Gasteiger charge is -2.07. The number of nitrogens with one attached hydrogen (secondary N) is 2. The molecule has 66 valence electrons. The maximum Gasteiger partial charge on any atom is 0.222 e. The van der Waals surface area contributed by atoms with Gasteiger partial charge in [-0.2, -0.15) is 0 Å². The molecular formula is C8H13N3O. The first-order valence-electron chi connectivity index (χ1n) is 3.93. The van der Waals surface area contributed by atoms with Crippen LogP contribution in [0.4, 0.5) is 0 Å². The van der Waals surface area contributed by atoms with E-state index in [4.69, 9.17) is 0 Å². The van der Waals surface area contributed by atoms with Crippen molar-refractivity contribution in [2.45, 2.75) is 13.3 Å². The monoisotopic (exact) mass is 167 g/mol. The molecule has 1 rings (SSSR count). The van der Waals surface area contributed by atoms with Crippen molar-refractivity contribution >= 4 is 5.91 Å². The minimum atomic E-state index is -0.00421. The Labute approximate surface area is 71.4 Å². The van der Waals surface area contributed by atoms with Gasteiger partial charge in [-0.05, 0) is 0 Å². The van der Waals surface area contributed by atoms with E-state index in [0.29, 0.717) is 6.42 Å². The zero-order valence-electron chi connectivity index (χ0n) is 7.29. The molecule has 0 aromatic carbocycles. The predicted molar refractivity (Wildman–Crippen MR) is 45.5 cm³/mol. The first-order chi connectivity index (χ1) is 5.74. The highest BCUT2D eigenvalue weighted by molar-refractivity contribution is 5.78. The smallest absolute Gasteiger partial charge is 0.222 e. The normalized spacial score (nSPS) is 12.5. The Morgan fingerprint density at radius 2 is 2.58 bits per heavy atom. The minimum absolute atomic E-state index is 0.00421. The first kappa shape index (κ1) is 8.77. The molecule has 1 aromatic heterocycles. The van der Waals surface area contributed by atoms with Gasteiger partial charge in [-0.25, -0.2) is 4.98 Å². The molecule has 0 bridgehead atoms. The molecular weight excluding hydrogens is 154 g/mol. The van der Waals surface area contributed by atoms with Crippen LogP contribution in [0.5, 0.6) is 0 Å². The summed E-state index contributed by atoms with van der Waals surface area (Å²) in [5.41, 5.74) is 0.992. The lowest BCUT2D eigenvalue weighted by Crippen LogP contribution is -2.26. The van der Waals surface area contributed by atoms with E-state index in [1.165, 1.54) is 0 Å². The maximum atomic E-state index is 11.1. The van der Waals surface area contributed by atoms with Crippen LogP contribution in [-0.4, -0.2) is 22.9 Å². The van der Waals surface area contributed by atoms with Crippen molar-refractivity contribution in [1.29, 1.82) is 0 Å². The van der Waals surface area contributed by atoms with Crippen molar-refractivity contribution in [2.24, 2.45) is 5.92 Å². The second-order valence-corrected chi connectivity index (χ2v) is 2.80. The molecule has 0 saturated carbocycles. The fraction of sp³-hybridized carbons (Fsp3) is 0.500. The molecule has 0 aliphatic rings. The van der Waals surface area contributed by atoms with E-state index >= 15 is 0 Å². The number of imidazole rings is 1. The van der Waals surface area contributed by atoms with Crippen LogP contribution in [0.25, 0.3) is 0 Å². The summed E-state index contributed by atoms with van der Waals surface area (Å²) in [6.07, 6.45) is 4.06. The highest BCUT2D eigenvalue weighted by atomic mass is 16.1. The number of amides is 1. The van der Waals surface area contributed by atoms with Gasteiger partial charge < -0.3 is 10.3 Å². The van der Waals surface area contributed by atoms with Gasteiger partial charge in [-0.3, -0.25) is 4.79 Å². The third kappa shape index (κ3) is 2.08. The van der Waals surface area contributed by atoms with Crippen LogP contribution in [-0.2, 0) is 11.2 Å². The van der Waals surface area contributed by atoms with Gasteiger partial charge in [0, 0.05) is 31.3 Å². The van der Waals surface area contributed by atoms with E-state index in [2.05, 4.69) is 15.3 Å². The second kappa shape index (κ2) is 3.90. The van der Waals surface area contributed by atoms with Crippen molar-refractivity contribution < 1.29 is 4.79 Å². The van der Waals surface area contributed by atoms with E-state index < -0.39 is 0 Å². The summed E-state index contributed by atoms with van der Waals surface area (Å²) < 4.78 is 0. The largest absolute Gasteiger partial charge is 0.359 e. The summed E-state index contributed by atoms with van der Waals surface area (Å²) in [5.74, 6) is 0.0556. The Bertz CT molecular complexity index is 243. The van der Waals surface area contributed by atoms with Crippen LogP contribution >= 0.6 is 0 Å². The van der Waals surface area contributed by atoms with Gasteiger partial charge in [0.05, 0.1) is 6.33 Å². The highest BCUT2D eigenvalue weighted by Gasteiger charge is 2.11. The third-order valence-corrected chi connectivity index (χ3v) is 1.77. The molecule has 0 fully saturated rings. The number of nitrogens with zero attached hydrogens (tertiary/aromatic N) is 1. The van der Waals surface area contributed by atoms with Gasteiger partial charge in [-0.1, -0.05) is 6.92 Å². The van der Waals surface area contributed by atoms with Gasteiger partial charge in [0.15, 0.2) is 0 Å². The van der Waals surface area contributed by atoms with Crippen molar-refractivity contribution in [3.63, 3.8) is 0 Å². The van der Waals surface area contributed by atoms with Crippen LogP contribution in [0.2, 0.25) is 0 Å². The minimum Gasteiger partial charge on any atom is -0.359 e. The molecule has 2 N–H and O–H groups in total. The molecule has 4 nitrogen and oxygen atoms in total. The molecule has 0 saturated heterocycles. The molecule has 12 heavy (non-hydrogen) atoms. The molecule has 4 heteroatoms. The predicted octanol–water partition coefficient (Wildman–Crippen LogP) is 0.334. The Hall–Kier alpha value is -1.32. The fourth-order valence-corrected chi connectivity index (χ4v) is 1.07. The summed E-state index contributed by atoms with van der Waals surface area (Å²) in [6, 6.07) is 0. The summed E-state index contributed by atoms with van der Waals surface area (Å²) in [6.45, 7) is 1.89. The summed E-state index contributed by atoms with van der Waals surface area (Å²) >= 11 is 0. The van der Waals surface area contributed by atoms with Crippen molar-refractivity contribution in [3.8, 4) is 0 Å². The highest BCUT2D eigenvalue weighted by Crippen LogP contribution is 2.04. The maximum absolute atomic E-state index is 11.1. The number of aromatic nitrogens is 2. The van der Waals surface area contributed by atoms with Gasteiger partial charge >= 0.3 is 0 Å². The van der Waals surface area contributed by atoms with Gasteiger partial charge in [-0.15, -0.1) is 0 Å². The molecule has 1 heterocycles. The van der Waals surface area contributed by atoms with Gasteiger partial charge in [0.25, 0.3) is 0 Å². The molecule has 0 radical (unpaired) electrons. The Balaban J connectivity index is 2.47. The number of hydrogen-bond acceptors (Lipinski definition) is 2. The lowest BCUT2D eigenvalue weighted by molar-refractivity contribution is -0.123. The van der Waals surface area contributed by atoms with E-state index in [9.17, 15) is 4.79 Å². The number of carbonyl (C=O) groups is 1.